The molecule has 2 unspecified atom stereocenters. The van der Waals surface area contributed by atoms with E-state index in [0.29, 0.717) is 11.8 Å². The first-order chi connectivity index (χ1) is 10.7. The Kier molecular flexibility index (Phi) is 5.84. The van der Waals surface area contributed by atoms with Crippen LogP contribution in [0.3, 0.4) is 0 Å². The van der Waals surface area contributed by atoms with Crippen LogP contribution in [-0.4, -0.2) is 18.3 Å². The average Bonchev–Trinajstić information content (AvgIpc) is 2.54. The summed E-state index contributed by atoms with van der Waals surface area (Å²) in [5.74, 6) is 0.916. The van der Waals surface area contributed by atoms with E-state index in [2.05, 4.69) is 31.3 Å². The molecule has 0 aromatic heterocycles. The summed E-state index contributed by atoms with van der Waals surface area (Å²) in [6.45, 7) is 4.36. The van der Waals surface area contributed by atoms with E-state index < -0.39 is 0 Å². The molecule has 0 radical (unpaired) electrons. The summed E-state index contributed by atoms with van der Waals surface area (Å²) in [7, 11) is 1.60. The van der Waals surface area contributed by atoms with E-state index in [9.17, 15) is 5.11 Å². The van der Waals surface area contributed by atoms with Gasteiger partial charge in [0.1, 0.15) is 11.5 Å². The van der Waals surface area contributed by atoms with Crippen molar-refractivity contribution in [3.63, 3.8) is 0 Å². The van der Waals surface area contributed by atoms with Gasteiger partial charge in [-0.25, -0.2) is 0 Å². The predicted molar refractivity (Wildman–Crippen MR) is 90.4 cm³/mol. The number of ether oxygens (including phenoxy) is 1. The van der Waals surface area contributed by atoms with Crippen LogP contribution in [0.15, 0.2) is 48.5 Å². The Labute approximate surface area is 133 Å². The highest BCUT2D eigenvalue weighted by molar-refractivity contribution is 5.45. The molecular weight excluding hydrogens is 274 g/mol. The Morgan fingerprint density at radius 2 is 1.86 bits per heavy atom. The first-order valence-corrected chi connectivity index (χ1v) is 7.83. The molecule has 2 N–H and O–H groups in total. The number of benzene rings is 2. The van der Waals surface area contributed by atoms with Gasteiger partial charge in [-0.15, -0.1) is 0 Å². The summed E-state index contributed by atoms with van der Waals surface area (Å²) in [6.07, 6.45) is 2.23. The molecule has 0 fully saturated rings. The van der Waals surface area contributed by atoms with Crippen molar-refractivity contribution in [3.8, 4) is 11.5 Å². The van der Waals surface area contributed by atoms with Crippen molar-refractivity contribution in [1.29, 1.82) is 0 Å². The van der Waals surface area contributed by atoms with Gasteiger partial charge in [0.15, 0.2) is 0 Å². The third-order valence-electron chi connectivity index (χ3n) is 3.85. The summed E-state index contributed by atoms with van der Waals surface area (Å²) >= 11 is 0. The average molecular weight is 299 g/mol. The molecule has 2 atom stereocenters. The second kappa shape index (κ2) is 7.85. The van der Waals surface area contributed by atoms with E-state index in [1.165, 1.54) is 0 Å². The number of aromatic hydroxyl groups is 1. The second-order valence-electron chi connectivity index (χ2n) is 5.62. The summed E-state index contributed by atoms with van der Waals surface area (Å²) in [5, 5.41) is 14.0. The first-order valence-electron chi connectivity index (χ1n) is 7.83. The third-order valence-corrected chi connectivity index (χ3v) is 3.85. The van der Waals surface area contributed by atoms with Gasteiger partial charge in [0, 0.05) is 17.7 Å². The van der Waals surface area contributed by atoms with E-state index in [0.717, 1.165) is 24.0 Å². The molecule has 0 saturated carbocycles. The van der Waals surface area contributed by atoms with E-state index in [-0.39, 0.29) is 11.8 Å². The molecule has 118 valence electrons. The molecule has 3 heteroatoms. The van der Waals surface area contributed by atoms with Crippen molar-refractivity contribution in [1.82, 2.24) is 5.32 Å². The predicted octanol–water partition coefficient (Wildman–Crippen LogP) is 4.27. The lowest BCUT2D eigenvalue weighted by molar-refractivity contribution is 0.402. The van der Waals surface area contributed by atoms with Crippen molar-refractivity contribution >= 4 is 0 Å². The highest BCUT2D eigenvalue weighted by atomic mass is 16.5. The number of phenolic OH excluding ortho intramolecular Hbond substituents is 1. The van der Waals surface area contributed by atoms with Gasteiger partial charge in [-0.05, 0) is 31.0 Å². The Bertz CT molecular complexity index is 583. The summed E-state index contributed by atoms with van der Waals surface area (Å²) < 4.78 is 5.17. The molecule has 0 aliphatic heterocycles. The van der Waals surface area contributed by atoms with Crippen LogP contribution in [0.2, 0.25) is 0 Å². The molecule has 0 aliphatic rings. The maximum Gasteiger partial charge on any atom is 0.124 e. The molecule has 0 heterocycles. The van der Waals surface area contributed by atoms with Crippen LogP contribution in [-0.2, 0) is 0 Å². The standard InChI is InChI=1S/C19H25NO2/c1-4-8-14(2)20-19(15-9-6-5-7-10-15)17-12-11-16(22-3)13-18(17)21/h5-7,9-14,19-21H,4,8H2,1-3H3. The van der Waals surface area contributed by atoms with Gasteiger partial charge in [-0.1, -0.05) is 43.7 Å². The highest BCUT2D eigenvalue weighted by Gasteiger charge is 2.19. The lowest BCUT2D eigenvalue weighted by atomic mass is 9.96. The Morgan fingerprint density at radius 3 is 2.45 bits per heavy atom. The molecule has 0 aliphatic carbocycles. The van der Waals surface area contributed by atoms with Gasteiger partial charge in [0.2, 0.25) is 0 Å². The van der Waals surface area contributed by atoms with Crippen LogP contribution in [0.4, 0.5) is 0 Å². The first kappa shape index (κ1) is 16.4. The van der Waals surface area contributed by atoms with Crippen molar-refractivity contribution < 1.29 is 9.84 Å². The molecule has 2 aromatic rings. The van der Waals surface area contributed by atoms with Gasteiger partial charge in [0.25, 0.3) is 0 Å². The molecule has 22 heavy (non-hydrogen) atoms. The minimum absolute atomic E-state index is 0.0337. The number of hydrogen-bond acceptors (Lipinski definition) is 3. The summed E-state index contributed by atoms with van der Waals surface area (Å²) in [5.41, 5.74) is 2.01. The maximum atomic E-state index is 10.4. The number of phenols is 1. The number of methoxy groups -OCH3 is 1. The number of rotatable bonds is 7. The topological polar surface area (TPSA) is 41.5 Å². The van der Waals surface area contributed by atoms with E-state index in [4.69, 9.17) is 4.74 Å². The fourth-order valence-corrected chi connectivity index (χ4v) is 2.71. The van der Waals surface area contributed by atoms with Crippen molar-refractivity contribution in [2.75, 3.05) is 7.11 Å². The molecule has 2 rings (SSSR count). The Morgan fingerprint density at radius 1 is 1.14 bits per heavy atom. The van der Waals surface area contributed by atoms with Gasteiger partial charge in [0.05, 0.1) is 13.2 Å². The minimum Gasteiger partial charge on any atom is -0.507 e. The number of hydrogen-bond donors (Lipinski definition) is 2. The van der Waals surface area contributed by atoms with Gasteiger partial charge in [-0.2, -0.15) is 0 Å². The summed E-state index contributed by atoms with van der Waals surface area (Å²) in [6, 6.07) is 16.0. The fraction of sp³-hybridized carbons (Fsp3) is 0.368. The normalized spacial score (nSPS) is 13.6. The van der Waals surface area contributed by atoms with Crippen LogP contribution in [0.25, 0.3) is 0 Å². The zero-order valence-corrected chi connectivity index (χ0v) is 13.5. The van der Waals surface area contributed by atoms with Gasteiger partial charge < -0.3 is 15.2 Å². The SMILES string of the molecule is CCCC(C)NC(c1ccccc1)c1ccc(OC)cc1O. The second-order valence-corrected chi connectivity index (χ2v) is 5.62. The van der Waals surface area contributed by atoms with Crippen LogP contribution < -0.4 is 10.1 Å². The van der Waals surface area contributed by atoms with E-state index >= 15 is 0 Å². The monoisotopic (exact) mass is 299 g/mol. The Balaban J connectivity index is 2.35. The fourth-order valence-electron chi connectivity index (χ4n) is 2.71. The molecule has 0 saturated heterocycles. The smallest absolute Gasteiger partial charge is 0.124 e. The van der Waals surface area contributed by atoms with Crippen molar-refractivity contribution in [2.45, 2.75) is 38.8 Å². The molecule has 3 nitrogen and oxygen atoms in total. The van der Waals surface area contributed by atoms with Crippen LogP contribution in [0, 0.1) is 0 Å². The van der Waals surface area contributed by atoms with Crippen LogP contribution >= 0.6 is 0 Å². The maximum absolute atomic E-state index is 10.4. The quantitative estimate of drug-likeness (QED) is 0.802. The highest BCUT2D eigenvalue weighted by Crippen LogP contribution is 2.32. The van der Waals surface area contributed by atoms with E-state index in [1.807, 2.05) is 30.3 Å². The molecule has 0 amide bonds. The zero-order valence-electron chi connectivity index (χ0n) is 13.5. The van der Waals surface area contributed by atoms with Crippen LogP contribution in [0.1, 0.15) is 43.9 Å². The third kappa shape index (κ3) is 4.01. The van der Waals surface area contributed by atoms with Crippen molar-refractivity contribution in [3.05, 3.63) is 59.7 Å². The van der Waals surface area contributed by atoms with E-state index in [1.54, 1.807) is 13.2 Å². The minimum atomic E-state index is -0.0337. The van der Waals surface area contributed by atoms with Crippen LogP contribution in [0.5, 0.6) is 11.5 Å². The number of nitrogens with one attached hydrogen (secondary N) is 1. The zero-order chi connectivity index (χ0) is 15.9. The van der Waals surface area contributed by atoms with Crippen molar-refractivity contribution in [2.24, 2.45) is 0 Å². The molecule has 0 spiro atoms. The lowest BCUT2D eigenvalue weighted by Crippen LogP contribution is -2.31. The summed E-state index contributed by atoms with van der Waals surface area (Å²) in [4.78, 5) is 0. The Hall–Kier alpha value is -2.00. The van der Waals surface area contributed by atoms with Gasteiger partial charge >= 0.3 is 0 Å². The lowest BCUT2D eigenvalue weighted by Gasteiger charge is -2.25. The molecular formula is C19H25NO2. The largest absolute Gasteiger partial charge is 0.507 e. The van der Waals surface area contributed by atoms with Gasteiger partial charge in [-0.3, -0.25) is 0 Å². The molecule has 0 bridgehead atoms. The molecule has 2 aromatic carbocycles.